The number of nitrogens with zero attached hydrogens (tertiary/aromatic N) is 1. The highest BCUT2D eigenvalue weighted by Gasteiger charge is 2.10. The van der Waals surface area contributed by atoms with Crippen LogP contribution in [0.1, 0.15) is 28.7 Å². The van der Waals surface area contributed by atoms with Gasteiger partial charge in [0.2, 0.25) is 5.91 Å². The minimum absolute atomic E-state index is 0.0246. The maximum atomic E-state index is 11.2. The summed E-state index contributed by atoms with van der Waals surface area (Å²) in [6, 6.07) is 7.15. The van der Waals surface area contributed by atoms with E-state index in [1.54, 1.807) is 12.1 Å². The Kier molecular flexibility index (Phi) is 3.46. The number of primary amides is 1. The quantitative estimate of drug-likeness (QED) is 0.815. The molecule has 0 unspecified atom stereocenters. The summed E-state index contributed by atoms with van der Waals surface area (Å²) in [6.45, 7) is 3.37. The van der Waals surface area contributed by atoms with Crippen LogP contribution in [-0.2, 0) is 11.2 Å². The van der Waals surface area contributed by atoms with Crippen LogP contribution in [0.4, 0.5) is 0 Å². The van der Waals surface area contributed by atoms with E-state index in [-0.39, 0.29) is 12.2 Å². The smallest absolute Gasteiger partial charge is 0.223 e. The molecular weight excluding hydrogens is 242 g/mol. The lowest BCUT2D eigenvalue weighted by Gasteiger charge is -1.98. The van der Waals surface area contributed by atoms with Crippen molar-refractivity contribution in [3.05, 3.63) is 41.2 Å². The van der Waals surface area contributed by atoms with Crippen molar-refractivity contribution in [3.8, 4) is 11.4 Å². The summed E-state index contributed by atoms with van der Waals surface area (Å²) in [4.78, 5) is 29.6. The molecule has 0 aliphatic rings. The first kappa shape index (κ1) is 13.0. The molecule has 1 aromatic heterocycles. The highest BCUT2D eigenvalue weighted by molar-refractivity contribution is 5.94. The maximum absolute atomic E-state index is 11.2. The van der Waals surface area contributed by atoms with Crippen molar-refractivity contribution in [2.24, 2.45) is 5.73 Å². The zero-order chi connectivity index (χ0) is 14.0. The molecule has 5 heteroatoms. The van der Waals surface area contributed by atoms with Gasteiger partial charge in [0.15, 0.2) is 5.78 Å². The molecule has 0 aliphatic heterocycles. The number of aromatic nitrogens is 2. The average Bonchev–Trinajstić information content (AvgIpc) is 2.70. The van der Waals surface area contributed by atoms with Crippen LogP contribution in [0.3, 0.4) is 0 Å². The first-order valence-electron chi connectivity index (χ1n) is 5.92. The van der Waals surface area contributed by atoms with Gasteiger partial charge in [-0.25, -0.2) is 4.98 Å². The maximum Gasteiger partial charge on any atom is 0.223 e. The van der Waals surface area contributed by atoms with Crippen LogP contribution in [0.2, 0.25) is 0 Å². The van der Waals surface area contributed by atoms with Gasteiger partial charge in [-0.05, 0) is 13.8 Å². The Bertz CT molecular complexity index is 627. The Hall–Kier alpha value is -2.43. The fraction of sp³-hybridized carbons (Fsp3) is 0.214. The first-order valence-corrected chi connectivity index (χ1v) is 5.92. The second-order valence-corrected chi connectivity index (χ2v) is 4.43. The second kappa shape index (κ2) is 5.06. The predicted molar refractivity (Wildman–Crippen MR) is 71.7 cm³/mol. The molecule has 1 heterocycles. The molecule has 0 radical (unpaired) electrons. The molecule has 0 saturated heterocycles. The standard InChI is InChI=1S/C14H15N3O2/c1-8-12(7-13(15)19)17-14(16-8)11-5-3-10(4-6-11)9(2)18/h3-6H,7H2,1-2H3,(H2,15,19)(H,16,17). The van der Waals surface area contributed by atoms with Gasteiger partial charge in [-0.15, -0.1) is 0 Å². The van der Waals surface area contributed by atoms with Gasteiger partial charge in [0, 0.05) is 16.8 Å². The number of nitrogens with one attached hydrogen (secondary N) is 1. The van der Waals surface area contributed by atoms with E-state index in [2.05, 4.69) is 9.97 Å². The van der Waals surface area contributed by atoms with E-state index in [0.29, 0.717) is 17.1 Å². The number of carbonyl (C=O) groups excluding carboxylic acids is 2. The van der Waals surface area contributed by atoms with E-state index in [1.165, 1.54) is 6.92 Å². The zero-order valence-corrected chi connectivity index (χ0v) is 10.9. The Labute approximate surface area is 110 Å². The van der Waals surface area contributed by atoms with Crippen molar-refractivity contribution in [1.29, 1.82) is 0 Å². The monoisotopic (exact) mass is 257 g/mol. The van der Waals surface area contributed by atoms with E-state index in [0.717, 1.165) is 11.3 Å². The summed E-state index contributed by atoms with van der Waals surface area (Å²) in [6.07, 6.45) is 0.119. The molecule has 2 rings (SSSR count). The molecule has 1 aromatic carbocycles. The van der Waals surface area contributed by atoms with Gasteiger partial charge in [0.25, 0.3) is 0 Å². The number of nitrogens with two attached hydrogens (primary N) is 1. The molecule has 19 heavy (non-hydrogen) atoms. The lowest BCUT2D eigenvalue weighted by atomic mass is 10.1. The highest BCUT2D eigenvalue weighted by Crippen LogP contribution is 2.19. The molecule has 0 fully saturated rings. The molecule has 98 valence electrons. The third-order valence-corrected chi connectivity index (χ3v) is 2.89. The fourth-order valence-electron chi connectivity index (χ4n) is 1.83. The van der Waals surface area contributed by atoms with Gasteiger partial charge in [0.1, 0.15) is 5.82 Å². The van der Waals surface area contributed by atoms with E-state index in [4.69, 9.17) is 5.73 Å². The summed E-state index contributed by atoms with van der Waals surface area (Å²) in [5.41, 5.74) is 8.16. The molecule has 0 bridgehead atoms. The summed E-state index contributed by atoms with van der Waals surface area (Å²) >= 11 is 0. The van der Waals surface area contributed by atoms with Crippen LogP contribution in [-0.4, -0.2) is 21.7 Å². The summed E-state index contributed by atoms with van der Waals surface area (Å²) in [7, 11) is 0. The van der Waals surface area contributed by atoms with Crippen LogP contribution >= 0.6 is 0 Å². The predicted octanol–water partition coefficient (Wildman–Crippen LogP) is 1.62. The number of Topliss-reactive ketones (excluding diaryl/α,β-unsaturated/α-hetero) is 1. The first-order chi connectivity index (χ1) is 8.97. The summed E-state index contributed by atoms with van der Waals surface area (Å²) in [5, 5.41) is 0. The summed E-state index contributed by atoms with van der Waals surface area (Å²) < 4.78 is 0. The fourth-order valence-corrected chi connectivity index (χ4v) is 1.83. The van der Waals surface area contributed by atoms with E-state index >= 15 is 0 Å². The van der Waals surface area contributed by atoms with Crippen molar-refractivity contribution >= 4 is 11.7 Å². The molecule has 5 nitrogen and oxygen atoms in total. The van der Waals surface area contributed by atoms with Crippen LogP contribution in [0.15, 0.2) is 24.3 Å². The van der Waals surface area contributed by atoms with E-state index < -0.39 is 5.91 Å². The SMILES string of the molecule is CC(=O)c1ccc(-c2nc(CC(N)=O)c(C)[nH]2)cc1. The third-order valence-electron chi connectivity index (χ3n) is 2.89. The van der Waals surface area contributed by atoms with Gasteiger partial charge < -0.3 is 10.7 Å². The van der Waals surface area contributed by atoms with E-state index in [1.807, 2.05) is 19.1 Å². The van der Waals surface area contributed by atoms with E-state index in [9.17, 15) is 9.59 Å². The van der Waals surface area contributed by atoms with Crippen LogP contribution in [0.25, 0.3) is 11.4 Å². The molecule has 3 N–H and O–H groups in total. The topological polar surface area (TPSA) is 88.8 Å². The molecular formula is C14H15N3O2. The Morgan fingerprint density at radius 1 is 1.26 bits per heavy atom. The van der Waals surface area contributed by atoms with Crippen LogP contribution in [0, 0.1) is 6.92 Å². The number of H-pyrrole nitrogens is 1. The number of ketones is 1. The normalized spacial score (nSPS) is 10.4. The number of amides is 1. The number of benzene rings is 1. The number of aryl methyl sites for hydroxylation is 1. The van der Waals surface area contributed by atoms with Gasteiger partial charge in [-0.1, -0.05) is 24.3 Å². The second-order valence-electron chi connectivity index (χ2n) is 4.43. The number of hydrogen-bond donors (Lipinski definition) is 2. The van der Waals surface area contributed by atoms with Crippen LogP contribution in [0.5, 0.6) is 0 Å². The lowest BCUT2D eigenvalue weighted by Crippen LogP contribution is -2.14. The number of imidazole rings is 1. The highest BCUT2D eigenvalue weighted by atomic mass is 16.1. The van der Waals surface area contributed by atoms with Crippen molar-refractivity contribution in [1.82, 2.24) is 9.97 Å². The van der Waals surface area contributed by atoms with Crippen molar-refractivity contribution in [3.63, 3.8) is 0 Å². The summed E-state index contributed by atoms with van der Waals surface area (Å²) in [5.74, 6) is 0.286. The Balaban J connectivity index is 2.31. The van der Waals surface area contributed by atoms with Gasteiger partial charge >= 0.3 is 0 Å². The van der Waals surface area contributed by atoms with Gasteiger partial charge in [0.05, 0.1) is 12.1 Å². The number of carbonyl (C=O) groups is 2. The Morgan fingerprint density at radius 2 is 1.89 bits per heavy atom. The molecule has 1 amide bonds. The van der Waals surface area contributed by atoms with Crippen molar-refractivity contribution in [2.45, 2.75) is 20.3 Å². The molecule has 2 aromatic rings. The zero-order valence-electron chi connectivity index (χ0n) is 10.9. The molecule has 0 spiro atoms. The third kappa shape index (κ3) is 2.88. The molecule has 0 atom stereocenters. The van der Waals surface area contributed by atoms with Crippen molar-refractivity contribution in [2.75, 3.05) is 0 Å². The molecule has 0 aliphatic carbocycles. The minimum atomic E-state index is -0.409. The number of aromatic amines is 1. The minimum Gasteiger partial charge on any atom is -0.369 e. The van der Waals surface area contributed by atoms with Crippen molar-refractivity contribution < 1.29 is 9.59 Å². The lowest BCUT2D eigenvalue weighted by molar-refractivity contribution is -0.117. The Morgan fingerprint density at radius 3 is 2.42 bits per heavy atom. The number of rotatable bonds is 4. The average molecular weight is 257 g/mol. The van der Waals surface area contributed by atoms with Gasteiger partial charge in [-0.3, -0.25) is 9.59 Å². The number of hydrogen-bond acceptors (Lipinski definition) is 3. The van der Waals surface area contributed by atoms with Crippen LogP contribution < -0.4 is 5.73 Å². The van der Waals surface area contributed by atoms with Gasteiger partial charge in [-0.2, -0.15) is 0 Å². The largest absolute Gasteiger partial charge is 0.369 e. The molecule has 0 saturated carbocycles.